The van der Waals surface area contributed by atoms with Crippen LogP contribution in [0.15, 0.2) is 0 Å². The number of rotatable bonds is 0. The molecule has 0 aromatic heterocycles. The highest BCUT2D eigenvalue weighted by Crippen LogP contribution is 2.41. The van der Waals surface area contributed by atoms with Gasteiger partial charge in [-0.3, -0.25) is 0 Å². The molecule has 0 aliphatic carbocycles. The zero-order chi connectivity index (χ0) is 10.6. The summed E-state index contributed by atoms with van der Waals surface area (Å²) in [5.74, 6) is 0.858. The Balaban J connectivity index is 0.000000461. The van der Waals surface area contributed by atoms with Gasteiger partial charge in [-0.05, 0) is 32.4 Å². The Morgan fingerprint density at radius 1 is 1.43 bits per heavy atom. The van der Waals surface area contributed by atoms with Gasteiger partial charge >= 0.3 is 0 Å². The number of hydrogen-bond donors (Lipinski definition) is 0. The van der Waals surface area contributed by atoms with E-state index in [1.54, 1.807) is 0 Å². The Labute approximate surface area is 84.1 Å². The number of hydrogen-bond acceptors (Lipinski definition) is 2. The average Bonchev–Trinajstić information content (AvgIpc) is 2.65. The molecule has 0 N–H and O–H groups in total. The predicted molar refractivity (Wildman–Crippen MR) is 51.4 cm³/mol. The lowest BCUT2D eigenvalue weighted by atomic mass is 9.71. The molecule has 2 aliphatic rings. The molecular weight excluding hydrogens is 188 g/mol. The molecule has 14 heavy (non-hydrogen) atoms. The maximum Gasteiger partial charge on any atom is 0.0538 e. The summed E-state index contributed by atoms with van der Waals surface area (Å²) in [6, 6.07) is 0. The summed E-state index contributed by atoms with van der Waals surface area (Å²) in [7, 11) is 2.23. The molecule has 2 heterocycles. The van der Waals surface area contributed by atoms with Crippen LogP contribution in [0.3, 0.4) is 0 Å². The van der Waals surface area contributed by atoms with E-state index in [1.807, 2.05) is 0 Å². The van der Waals surface area contributed by atoms with Gasteiger partial charge in [-0.25, -0.2) is 0 Å². The Morgan fingerprint density at radius 2 is 2.14 bits per heavy atom. The molecule has 0 radical (unpaired) electrons. The van der Waals surface area contributed by atoms with Gasteiger partial charge in [0.1, 0.15) is 0 Å². The van der Waals surface area contributed by atoms with Crippen LogP contribution in [0.4, 0.5) is 9.15 Å². The number of piperidine rings is 1. The highest BCUT2D eigenvalue weighted by atomic mass is 20.0. The lowest BCUT2D eigenvalue weighted by Gasteiger charge is -2.42. The van der Waals surface area contributed by atoms with Crippen molar-refractivity contribution >= 4 is 0 Å². The molecule has 0 bridgehead atoms. The fourth-order valence-corrected chi connectivity index (χ4v) is 2.63. The van der Waals surface area contributed by atoms with Crippen LogP contribution in [0.5, 0.6) is 0 Å². The van der Waals surface area contributed by atoms with Gasteiger partial charge in [-0.2, -0.15) is 0 Å². The molecule has 84 valence electrons. The largest absolute Gasteiger partial charge is 0.381 e. The van der Waals surface area contributed by atoms with Gasteiger partial charge < -0.3 is 9.64 Å². The number of nitrogens with zero attached hydrogens (tertiary/aromatic N) is 1. The number of likely N-dealkylation sites (tertiary alicyclic amines) is 1. The van der Waals surface area contributed by atoms with E-state index in [1.165, 1.54) is 25.9 Å². The van der Waals surface area contributed by atoms with Gasteiger partial charge in [0.2, 0.25) is 0 Å². The molecule has 2 atom stereocenters. The Kier molecular flexibility index (Phi) is 4.26. The molecule has 0 aromatic carbocycles. The van der Waals surface area contributed by atoms with Gasteiger partial charge in [-0.1, -0.05) is 6.92 Å². The van der Waals surface area contributed by atoms with Crippen LogP contribution < -0.4 is 0 Å². The lowest BCUT2D eigenvalue weighted by Crippen LogP contribution is -2.46. The van der Waals surface area contributed by atoms with Crippen molar-refractivity contribution in [1.82, 2.24) is 4.90 Å². The summed E-state index contributed by atoms with van der Waals surface area (Å²) in [6.07, 6.45) is 2.62. The molecule has 2 rings (SSSR count). The Hall–Kier alpha value is -0.220. The van der Waals surface area contributed by atoms with Gasteiger partial charge in [-0.15, -0.1) is 0 Å². The Morgan fingerprint density at radius 3 is 2.71 bits per heavy atom. The number of halogens is 2. The van der Waals surface area contributed by atoms with E-state index in [2.05, 4.69) is 18.9 Å². The van der Waals surface area contributed by atoms with Gasteiger partial charge in [0, 0.05) is 27.7 Å². The van der Waals surface area contributed by atoms with Crippen molar-refractivity contribution < 1.29 is 13.9 Å². The highest BCUT2D eigenvalue weighted by molar-refractivity contribution is 4.93. The summed E-state index contributed by atoms with van der Waals surface area (Å²) < 4.78 is 21.5. The average molecular weight is 207 g/mol. The van der Waals surface area contributed by atoms with Gasteiger partial charge in [0.25, 0.3) is 0 Å². The molecule has 4 heteroatoms. The van der Waals surface area contributed by atoms with Crippen LogP contribution in [0.25, 0.3) is 0 Å². The van der Waals surface area contributed by atoms with Gasteiger partial charge in [0.05, 0.1) is 6.61 Å². The summed E-state index contributed by atoms with van der Waals surface area (Å²) in [5, 5.41) is 0. The Bertz CT molecular complexity index is 172. The zero-order valence-corrected chi connectivity index (χ0v) is 8.93. The summed E-state index contributed by atoms with van der Waals surface area (Å²) in [4.78, 5) is 2.45. The molecule has 2 saturated heterocycles. The van der Waals surface area contributed by atoms with Crippen molar-refractivity contribution in [2.24, 2.45) is 11.3 Å². The van der Waals surface area contributed by atoms with Crippen molar-refractivity contribution in [3.63, 3.8) is 0 Å². The van der Waals surface area contributed by atoms with E-state index >= 15 is 0 Å². The van der Waals surface area contributed by atoms with Crippen LogP contribution in [0, 0.1) is 11.3 Å². The predicted octanol–water partition coefficient (Wildman–Crippen LogP) is 2.21. The van der Waals surface area contributed by atoms with Crippen molar-refractivity contribution in [3.8, 4) is 0 Å². The third kappa shape index (κ3) is 2.23. The van der Waals surface area contributed by atoms with E-state index in [4.69, 9.17) is 13.9 Å². The molecule has 2 aliphatic heterocycles. The first-order chi connectivity index (χ1) is 6.73. The van der Waals surface area contributed by atoms with Crippen molar-refractivity contribution in [1.29, 1.82) is 0 Å². The first-order valence-corrected chi connectivity index (χ1v) is 5.13. The summed E-state index contributed by atoms with van der Waals surface area (Å²) >= 11 is 0. The third-order valence-corrected chi connectivity index (χ3v) is 3.71. The topological polar surface area (TPSA) is 12.5 Å². The highest BCUT2D eigenvalue weighted by Gasteiger charge is 2.42. The second-order valence-electron chi connectivity index (χ2n) is 4.59. The van der Waals surface area contributed by atoms with Crippen LogP contribution in [0.2, 0.25) is 0 Å². The quantitative estimate of drug-likeness (QED) is 0.604. The van der Waals surface area contributed by atoms with E-state index in [9.17, 15) is 0 Å². The minimum absolute atomic E-state index is 0.507. The minimum atomic E-state index is 0.507. The molecule has 0 aromatic rings. The third-order valence-electron chi connectivity index (χ3n) is 3.71. The molecule has 0 unspecified atom stereocenters. The summed E-state index contributed by atoms with van der Waals surface area (Å²) in [5.41, 5.74) is 0.507. The fraction of sp³-hybridized carbons (Fsp3) is 1.00. The van der Waals surface area contributed by atoms with E-state index < -0.39 is 0 Å². The molecule has 2 nitrogen and oxygen atoms in total. The second kappa shape index (κ2) is 5.03. The second-order valence-corrected chi connectivity index (χ2v) is 4.59. The maximum atomic E-state index is 8.00. The molecule has 2 fully saturated rings. The summed E-state index contributed by atoms with van der Waals surface area (Å²) in [6.45, 7) is 6.88. The number of ether oxygens (including phenoxy) is 1. The van der Waals surface area contributed by atoms with Gasteiger partial charge in [0.15, 0.2) is 0 Å². The molecular formula is C10H19F2NO. The van der Waals surface area contributed by atoms with Crippen molar-refractivity contribution in [3.05, 3.63) is 0 Å². The van der Waals surface area contributed by atoms with Crippen LogP contribution in [-0.4, -0.2) is 38.3 Å². The maximum absolute atomic E-state index is 8.00. The minimum Gasteiger partial charge on any atom is -0.381 e. The first kappa shape index (κ1) is 11.9. The normalized spacial score (nSPS) is 38.1. The van der Waals surface area contributed by atoms with Crippen LogP contribution in [-0.2, 0) is 4.74 Å². The smallest absolute Gasteiger partial charge is 0.0538 e. The van der Waals surface area contributed by atoms with Crippen molar-refractivity contribution in [2.45, 2.75) is 19.8 Å². The zero-order valence-electron chi connectivity index (χ0n) is 8.93. The standard InChI is InChI=1S/C10H19NO.F2/c1-9-3-5-11(2)7-10(9)4-6-12-8-10;1-2/h9H,3-8H2,1-2H3;/t9-,10-;/m1./s1. The molecule has 0 amide bonds. The molecule has 1 spiro atoms. The first-order valence-electron chi connectivity index (χ1n) is 5.13. The van der Waals surface area contributed by atoms with E-state index in [0.717, 1.165) is 19.1 Å². The lowest BCUT2D eigenvalue weighted by molar-refractivity contribution is 0.0358. The van der Waals surface area contributed by atoms with Crippen LogP contribution in [0.1, 0.15) is 19.8 Å². The molecule has 0 saturated carbocycles. The van der Waals surface area contributed by atoms with Crippen molar-refractivity contribution in [2.75, 3.05) is 33.4 Å². The van der Waals surface area contributed by atoms with E-state index in [0.29, 0.717) is 5.41 Å². The van der Waals surface area contributed by atoms with Crippen LogP contribution >= 0.6 is 0 Å². The van der Waals surface area contributed by atoms with E-state index in [-0.39, 0.29) is 0 Å². The fourth-order valence-electron chi connectivity index (χ4n) is 2.63. The monoisotopic (exact) mass is 207 g/mol. The SMILES string of the molecule is C[C@@H]1CCN(C)C[C@@]12CCOC2.FF.